The van der Waals surface area contributed by atoms with Gasteiger partial charge in [0.25, 0.3) is 10.0 Å². The number of esters is 1. The first-order chi connectivity index (χ1) is 12.5. The normalized spacial score (nSPS) is 11.1. The van der Waals surface area contributed by atoms with Gasteiger partial charge in [-0.15, -0.1) is 0 Å². The van der Waals surface area contributed by atoms with Gasteiger partial charge in [0.05, 0.1) is 30.4 Å². The molecule has 0 unspecified atom stereocenters. The Labute approximate surface area is 150 Å². The van der Waals surface area contributed by atoms with Crippen LogP contribution in [0.1, 0.15) is 16.1 Å². The fraction of sp³-hybridized carbons (Fsp3) is 0.111. The second kappa shape index (κ2) is 7.40. The summed E-state index contributed by atoms with van der Waals surface area (Å²) in [5.41, 5.74) is 0.266. The number of aromatic nitrogens is 1. The third kappa shape index (κ3) is 3.60. The quantitative estimate of drug-likeness (QED) is 0.618. The first kappa shape index (κ1) is 17.7. The van der Waals surface area contributed by atoms with Gasteiger partial charge in [-0.2, -0.15) is 0 Å². The minimum atomic E-state index is -3.92. The first-order valence-corrected chi connectivity index (χ1v) is 9.11. The number of furan rings is 1. The lowest BCUT2D eigenvalue weighted by Crippen LogP contribution is -2.31. The Morgan fingerprint density at radius 1 is 1.12 bits per heavy atom. The molecule has 0 N–H and O–H groups in total. The van der Waals surface area contributed by atoms with Gasteiger partial charge in [-0.05, 0) is 48.5 Å². The lowest BCUT2D eigenvalue weighted by Gasteiger charge is -2.22. The van der Waals surface area contributed by atoms with Crippen LogP contribution < -0.4 is 4.31 Å². The van der Waals surface area contributed by atoms with Crippen molar-refractivity contribution in [1.82, 2.24) is 4.98 Å². The van der Waals surface area contributed by atoms with E-state index in [1.54, 1.807) is 30.3 Å². The predicted molar refractivity (Wildman–Crippen MR) is 94.1 cm³/mol. The van der Waals surface area contributed by atoms with Crippen molar-refractivity contribution in [3.8, 4) is 0 Å². The number of anilines is 1. The van der Waals surface area contributed by atoms with Gasteiger partial charge in [0.1, 0.15) is 11.6 Å². The van der Waals surface area contributed by atoms with Crippen molar-refractivity contribution in [2.24, 2.45) is 0 Å². The summed E-state index contributed by atoms with van der Waals surface area (Å²) in [5, 5.41) is 0. The van der Waals surface area contributed by atoms with Crippen LogP contribution in [-0.2, 0) is 21.3 Å². The highest BCUT2D eigenvalue weighted by Gasteiger charge is 2.27. The van der Waals surface area contributed by atoms with Crippen LogP contribution in [0.5, 0.6) is 0 Å². The molecule has 0 fully saturated rings. The number of rotatable bonds is 6. The van der Waals surface area contributed by atoms with Gasteiger partial charge in [-0.3, -0.25) is 0 Å². The third-order valence-electron chi connectivity index (χ3n) is 3.65. The lowest BCUT2D eigenvalue weighted by molar-refractivity contribution is 0.0600. The molecule has 0 atom stereocenters. The molecule has 0 aliphatic heterocycles. The van der Waals surface area contributed by atoms with Crippen molar-refractivity contribution in [2.45, 2.75) is 11.4 Å². The zero-order valence-corrected chi connectivity index (χ0v) is 14.7. The smallest absolute Gasteiger partial charge is 0.337 e. The van der Waals surface area contributed by atoms with Crippen LogP contribution in [0.3, 0.4) is 0 Å². The maximum Gasteiger partial charge on any atom is 0.337 e. The summed E-state index contributed by atoms with van der Waals surface area (Å²) in [6.45, 7) is -0.00883. The van der Waals surface area contributed by atoms with Gasteiger partial charge in [0.15, 0.2) is 0 Å². The van der Waals surface area contributed by atoms with E-state index in [0.717, 1.165) is 4.31 Å². The molecule has 8 heteroatoms. The fourth-order valence-electron chi connectivity index (χ4n) is 2.34. The number of hydrogen-bond donors (Lipinski definition) is 0. The monoisotopic (exact) mass is 372 g/mol. The molecule has 0 aliphatic carbocycles. The van der Waals surface area contributed by atoms with E-state index in [-0.39, 0.29) is 22.8 Å². The second-order valence-corrected chi connectivity index (χ2v) is 7.16. The molecule has 0 amide bonds. The highest BCUT2D eigenvalue weighted by molar-refractivity contribution is 7.92. The topological polar surface area (TPSA) is 89.7 Å². The zero-order chi connectivity index (χ0) is 18.6. The number of pyridine rings is 1. The van der Waals surface area contributed by atoms with E-state index < -0.39 is 16.0 Å². The van der Waals surface area contributed by atoms with E-state index in [2.05, 4.69) is 9.72 Å². The van der Waals surface area contributed by atoms with Crippen LogP contribution in [0.4, 0.5) is 5.82 Å². The van der Waals surface area contributed by atoms with Gasteiger partial charge < -0.3 is 9.15 Å². The number of ether oxygens (including phenoxy) is 1. The fourth-order valence-corrected chi connectivity index (χ4v) is 3.73. The summed E-state index contributed by atoms with van der Waals surface area (Å²) in [6.07, 6.45) is 2.99. The Kier molecular flexibility index (Phi) is 5.04. The minimum Gasteiger partial charge on any atom is -0.467 e. The van der Waals surface area contributed by atoms with Crippen LogP contribution in [-0.4, -0.2) is 26.5 Å². The molecule has 7 nitrogen and oxygen atoms in total. The van der Waals surface area contributed by atoms with Gasteiger partial charge in [-0.25, -0.2) is 22.5 Å². The molecular weight excluding hydrogens is 356 g/mol. The molecule has 3 aromatic rings. The SMILES string of the molecule is COC(=O)c1ccc(S(=O)(=O)N(Cc2ccco2)c2ccccn2)cc1. The molecule has 3 rings (SSSR count). The molecule has 0 bridgehead atoms. The molecule has 0 aliphatic rings. The number of carbonyl (C=O) groups excluding carboxylic acids is 1. The van der Waals surface area contributed by atoms with E-state index in [4.69, 9.17) is 4.42 Å². The Hall–Kier alpha value is -3.13. The maximum absolute atomic E-state index is 13.1. The van der Waals surface area contributed by atoms with Crippen molar-refractivity contribution in [1.29, 1.82) is 0 Å². The highest BCUT2D eigenvalue weighted by atomic mass is 32.2. The van der Waals surface area contributed by atoms with E-state index in [0.29, 0.717) is 5.76 Å². The lowest BCUT2D eigenvalue weighted by atomic mass is 10.2. The average Bonchev–Trinajstić information content (AvgIpc) is 3.19. The van der Waals surface area contributed by atoms with E-state index in [1.807, 2.05) is 0 Å². The molecule has 1 aromatic carbocycles. The summed E-state index contributed by atoms with van der Waals surface area (Å²) in [5.74, 6) is 0.206. The Balaban J connectivity index is 2.00. The maximum atomic E-state index is 13.1. The molecule has 2 heterocycles. The molecule has 26 heavy (non-hydrogen) atoms. The Bertz CT molecular complexity index is 968. The van der Waals surface area contributed by atoms with Crippen LogP contribution in [0.25, 0.3) is 0 Å². The summed E-state index contributed by atoms with van der Waals surface area (Å²) < 4.78 is 37.3. The molecule has 0 spiro atoms. The summed E-state index contributed by atoms with van der Waals surface area (Å²) in [4.78, 5) is 15.7. The predicted octanol–water partition coefficient (Wildman–Crippen LogP) is 2.86. The van der Waals surface area contributed by atoms with Crippen molar-refractivity contribution in [2.75, 3.05) is 11.4 Å². The van der Waals surface area contributed by atoms with Crippen molar-refractivity contribution < 1.29 is 22.4 Å². The van der Waals surface area contributed by atoms with Crippen molar-refractivity contribution in [3.05, 3.63) is 78.4 Å². The standard InChI is InChI=1S/C18H16N2O5S/c1-24-18(21)14-7-9-16(10-8-14)26(22,23)20(13-15-5-4-12-25-15)17-6-2-3-11-19-17/h2-12H,13H2,1H3. The molecule has 0 saturated carbocycles. The molecule has 0 saturated heterocycles. The van der Waals surface area contributed by atoms with E-state index in [1.165, 1.54) is 43.8 Å². The molecule has 2 aromatic heterocycles. The number of benzene rings is 1. The van der Waals surface area contributed by atoms with Gasteiger partial charge in [-0.1, -0.05) is 6.07 Å². The van der Waals surface area contributed by atoms with Crippen LogP contribution in [0.15, 0.2) is 76.4 Å². The number of hydrogen-bond acceptors (Lipinski definition) is 6. The van der Waals surface area contributed by atoms with E-state index >= 15 is 0 Å². The van der Waals surface area contributed by atoms with Crippen LogP contribution >= 0.6 is 0 Å². The number of methoxy groups -OCH3 is 1. The summed E-state index contributed by atoms with van der Waals surface area (Å²) in [6, 6.07) is 13.9. The minimum absolute atomic E-state index is 0.00883. The molecular formula is C18H16N2O5S. The van der Waals surface area contributed by atoms with Crippen LogP contribution in [0, 0.1) is 0 Å². The Morgan fingerprint density at radius 3 is 2.46 bits per heavy atom. The molecule has 0 radical (unpaired) electrons. The highest BCUT2D eigenvalue weighted by Crippen LogP contribution is 2.24. The summed E-state index contributed by atoms with van der Waals surface area (Å²) >= 11 is 0. The number of carbonyl (C=O) groups is 1. The van der Waals surface area contributed by atoms with Crippen LogP contribution in [0.2, 0.25) is 0 Å². The second-order valence-electron chi connectivity index (χ2n) is 5.29. The number of sulfonamides is 1. The van der Waals surface area contributed by atoms with Gasteiger partial charge in [0, 0.05) is 6.20 Å². The third-order valence-corrected chi connectivity index (χ3v) is 5.41. The zero-order valence-electron chi connectivity index (χ0n) is 13.9. The van der Waals surface area contributed by atoms with Gasteiger partial charge >= 0.3 is 5.97 Å². The van der Waals surface area contributed by atoms with E-state index in [9.17, 15) is 13.2 Å². The molecule has 134 valence electrons. The van der Waals surface area contributed by atoms with Gasteiger partial charge in [0.2, 0.25) is 0 Å². The van der Waals surface area contributed by atoms with Crippen molar-refractivity contribution in [3.63, 3.8) is 0 Å². The Morgan fingerprint density at radius 2 is 1.88 bits per heavy atom. The number of nitrogens with zero attached hydrogens (tertiary/aromatic N) is 2. The first-order valence-electron chi connectivity index (χ1n) is 7.67. The summed E-state index contributed by atoms with van der Waals surface area (Å²) in [7, 11) is -2.66. The average molecular weight is 372 g/mol. The largest absolute Gasteiger partial charge is 0.467 e. The van der Waals surface area contributed by atoms with Crippen molar-refractivity contribution >= 4 is 21.8 Å².